The van der Waals surface area contributed by atoms with Crippen LogP contribution in [-0.2, 0) is 16.2 Å². The molecule has 1 spiro atoms. The number of aromatic nitrogens is 4. The Hall–Kier alpha value is -3.92. The SMILES string of the molecule is CC(C)c1cc2nc3cc4c(cc3nc2cc1C(C)C)C1(CC4(C)C)CC(C)(C)c2cc3nc4cc(C(C)C)c(C(C)C)cc4nc3cc21. The molecular formula is C45H52N4. The van der Waals surface area contributed by atoms with Gasteiger partial charge in [-0.1, -0.05) is 83.1 Å². The highest BCUT2D eigenvalue weighted by atomic mass is 14.8. The fraction of sp³-hybridized carbons (Fsp3) is 0.467. The zero-order valence-electron chi connectivity index (χ0n) is 31.6. The molecule has 0 fully saturated rings. The Morgan fingerprint density at radius 1 is 0.367 bits per heavy atom. The van der Waals surface area contributed by atoms with Gasteiger partial charge in [0, 0.05) is 5.41 Å². The number of rotatable bonds is 4. The van der Waals surface area contributed by atoms with Crippen LogP contribution >= 0.6 is 0 Å². The number of hydrogen-bond acceptors (Lipinski definition) is 4. The lowest BCUT2D eigenvalue weighted by Crippen LogP contribution is -2.27. The van der Waals surface area contributed by atoms with Gasteiger partial charge in [-0.15, -0.1) is 0 Å². The molecule has 4 aromatic carbocycles. The summed E-state index contributed by atoms with van der Waals surface area (Å²) in [7, 11) is 0. The maximum Gasteiger partial charge on any atom is 0.0897 e. The van der Waals surface area contributed by atoms with Gasteiger partial charge in [0.05, 0.1) is 44.1 Å². The van der Waals surface area contributed by atoms with Crippen LogP contribution in [0.2, 0.25) is 0 Å². The summed E-state index contributed by atoms with van der Waals surface area (Å²) in [6.45, 7) is 27.9. The third kappa shape index (κ3) is 4.76. The van der Waals surface area contributed by atoms with E-state index < -0.39 is 0 Å². The Balaban J connectivity index is 1.36. The Labute approximate surface area is 292 Å². The minimum Gasteiger partial charge on any atom is -0.244 e. The van der Waals surface area contributed by atoms with Gasteiger partial charge in [0.1, 0.15) is 0 Å². The monoisotopic (exact) mass is 648 g/mol. The third-order valence-electron chi connectivity index (χ3n) is 12.0. The molecule has 0 bridgehead atoms. The smallest absolute Gasteiger partial charge is 0.0897 e. The van der Waals surface area contributed by atoms with Crippen molar-refractivity contribution in [3.8, 4) is 0 Å². The van der Waals surface area contributed by atoms with E-state index in [1.807, 2.05) is 0 Å². The first kappa shape index (κ1) is 32.3. The zero-order valence-corrected chi connectivity index (χ0v) is 31.6. The number of fused-ring (bicyclic) bond motifs is 8. The lowest BCUT2D eigenvalue weighted by Gasteiger charge is -2.30. The lowest BCUT2D eigenvalue weighted by molar-refractivity contribution is 0.350. The molecule has 0 N–H and O–H groups in total. The second-order valence-electron chi connectivity index (χ2n) is 18.0. The maximum absolute atomic E-state index is 5.33. The second kappa shape index (κ2) is 10.5. The van der Waals surface area contributed by atoms with E-state index in [2.05, 4.69) is 132 Å². The summed E-state index contributed by atoms with van der Waals surface area (Å²) >= 11 is 0. The van der Waals surface area contributed by atoms with Gasteiger partial charge in [0.25, 0.3) is 0 Å². The van der Waals surface area contributed by atoms with Crippen molar-refractivity contribution < 1.29 is 0 Å². The highest BCUT2D eigenvalue weighted by molar-refractivity contribution is 5.91. The molecule has 0 radical (unpaired) electrons. The second-order valence-corrected chi connectivity index (χ2v) is 18.0. The van der Waals surface area contributed by atoms with Crippen LogP contribution in [0.4, 0.5) is 0 Å². The van der Waals surface area contributed by atoms with E-state index in [9.17, 15) is 0 Å². The van der Waals surface area contributed by atoms with Crippen molar-refractivity contribution in [2.75, 3.05) is 0 Å². The molecule has 0 atom stereocenters. The Morgan fingerprint density at radius 2 is 0.592 bits per heavy atom. The number of hydrogen-bond donors (Lipinski definition) is 0. The molecule has 8 rings (SSSR count). The molecule has 0 amide bonds. The van der Waals surface area contributed by atoms with E-state index in [0.29, 0.717) is 23.7 Å². The van der Waals surface area contributed by atoms with Gasteiger partial charge in [-0.05, 0) is 140 Å². The van der Waals surface area contributed by atoms with Crippen LogP contribution in [0.25, 0.3) is 44.1 Å². The average Bonchev–Trinajstić information content (AvgIpc) is 3.37. The Morgan fingerprint density at radius 3 is 0.837 bits per heavy atom. The highest BCUT2D eigenvalue weighted by Gasteiger charge is 2.56. The van der Waals surface area contributed by atoms with Gasteiger partial charge in [0.2, 0.25) is 0 Å². The van der Waals surface area contributed by atoms with E-state index in [0.717, 1.165) is 57.0 Å². The van der Waals surface area contributed by atoms with Gasteiger partial charge >= 0.3 is 0 Å². The van der Waals surface area contributed by atoms with Gasteiger partial charge in [-0.2, -0.15) is 0 Å². The normalized spacial score (nSPS) is 17.6. The highest BCUT2D eigenvalue weighted by Crippen LogP contribution is 2.63. The molecule has 4 heteroatoms. The largest absolute Gasteiger partial charge is 0.244 e. The topological polar surface area (TPSA) is 51.6 Å². The van der Waals surface area contributed by atoms with E-state index in [-0.39, 0.29) is 16.2 Å². The van der Waals surface area contributed by atoms with E-state index >= 15 is 0 Å². The van der Waals surface area contributed by atoms with Crippen molar-refractivity contribution in [2.45, 2.75) is 136 Å². The molecular weight excluding hydrogens is 597 g/mol. The standard InChI is InChI=1S/C45H52N4/c1-23(2)27-13-35-37(15-29(27)25(5)6)48-41-19-33-31(17-39(41)46-35)43(9,10)21-45(33)22-44(11,12)32-18-40-42(20-34(32)45)49-38-16-30(26(7)8)28(24(3)4)14-36(38)47-40/h13-20,23-26H,21-22H2,1-12H3. The first-order valence-corrected chi connectivity index (χ1v) is 18.6. The molecule has 0 saturated carbocycles. The van der Waals surface area contributed by atoms with Crippen molar-refractivity contribution in [1.82, 2.24) is 19.9 Å². The predicted octanol–water partition coefficient (Wildman–Crippen LogP) is 12.0. The minimum absolute atomic E-state index is 0.00806. The maximum atomic E-state index is 5.33. The summed E-state index contributed by atoms with van der Waals surface area (Å²) in [6.07, 6.45) is 2.11. The summed E-state index contributed by atoms with van der Waals surface area (Å²) in [6, 6.07) is 18.7. The van der Waals surface area contributed by atoms with Crippen LogP contribution in [0.1, 0.15) is 164 Å². The first-order valence-electron chi connectivity index (χ1n) is 18.6. The van der Waals surface area contributed by atoms with Crippen molar-refractivity contribution in [1.29, 1.82) is 0 Å². The van der Waals surface area contributed by atoms with Crippen LogP contribution in [0.3, 0.4) is 0 Å². The molecule has 6 aromatic rings. The molecule has 49 heavy (non-hydrogen) atoms. The molecule has 2 aliphatic rings. The van der Waals surface area contributed by atoms with E-state index in [1.165, 1.54) is 44.5 Å². The summed E-state index contributed by atoms with van der Waals surface area (Å²) < 4.78 is 0. The van der Waals surface area contributed by atoms with E-state index in [4.69, 9.17) is 19.9 Å². The summed E-state index contributed by atoms with van der Waals surface area (Å²) in [5.74, 6) is 1.75. The van der Waals surface area contributed by atoms with Crippen molar-refractivity contribution in [2.24, 2.45) is 0 Å². The summed E-state index contributed by atoms with van der Waals surface area (Å²) in [5.41, 5.74) is 19.0. The fourth-order valence-corrected chi connectivity index (χ4v) is 9.81. The van der Waals surface area contributed by atoms with Crippen molar-refractivity contribution >= 4 is 44.1 Å². The molecule has 0 unspecified atom stereocenters. The summed E-state index contributed by atoms with van der Waals surface area (Å²) in [4.78, 5) is 21.2. The van der Waals surface area contributed by atoms with Crippen LogP contribution in [0, 0.1) is 0 Å². The van der Waals surface area contributed by atoms with E-state index in [1.54, 1.807) is 0 Å². The third-order valence-corrected chi connectivity index (χ3v) is 12.0. The Kier molecular flexibility index (Phi) is 6.95. The quantitative estimate of drug-likeness (QED) is 0.179. The van der Waals surface area contributed by atoms with Gasteiger partial charge in [-0.25, -0.2) is 19.9 Å². The molecule has 2 heterocycles. The zero-order chi connectivity index (χ0) is 34.9. The number of nitrogens with zero attached hydrogens (tertiary/aromatic N) is 4. The van der Waals surface area contributed by atoms with Crippen LogP contribution in [0.15, 0.2) is 48.5 Å². The van der Waals surface area contributed by atoms with Gasteiger partial charge in [-0.3, -0.25) is 0 Å². The van der Waals surface area contributed by atoms with Crippen LogP contribution in [0.5, 0.6) is 0 Å². The van der Waals surface area contributed by atoms with Crippen molar-refractivity contribution in [3.05, 3.63) is 93.0 Å². The van der Waals surface area contributed by atoms with Crippen molar-refractivity contribution in [3.63, 3.8) is 0 Å². The first-order chi connectivity index (χ1) is 23.0. The summed E-state index contributed by atoms with van der Waals surface area (Å²) in [5, 5.41) is 0. The van der Waals surface area contributed by atoms with Gasteiger partial charge in [0.15, 0.2) is 0 Å². The molecule has 4 nitrogen and oxygen atoms in total. The molecule has 2 aromatic heterocycles. The average molecular weight is 649 g/mol. The minimum atomic E-state index is -0.123. The molecule has 2 aliphatic carbocycles. The fourth-order valence-electron chi connectivity index (χ4n) is 9.81. The number of benzene rings is 4. The molecule has 0 saturated heterocycles. The van der Waals surface area contributed by atoms with Crippen LogP contribution in [-0.4, -0.2) is 19.9 Å². The predicted molar refractivity (Wildman–Crippen MR) is 207 cm³/mol. The Bertz CT molecular complexity index is 2190. The lowest BCUT2D eigenvalue weighted by atomic mass is 9.72. The molecule has 252 valence electrons. The van der Waals surface area contributed by atoms with Gasteiger partial charge < -0.3 is 0 Å². The van der Waals surface area contributed by atoms with Crippen LogP contribution < -0.4 is 0 Å². The molecule has 0 aliphatic heterocycles.